The largest absolute Gasteiger partial charge is 0.352 e. The number of nitrogens with zero attached hydrogens (tertiary/aromatic N) is 4. The van der Waals surface area contributed by atoms with Crippen LogP contribution in [0.5, 0.6) is 0 Å². The quantitative estimate of drug-likeness (QED) is 0.630. The average Bonchev–Trinajstić information content (AvgIpc) is 3.07. The molecule has 27 heavy (non-hydrogen) atoms. The Labute approximate surface area is 161 Å². The van der Waals surface area contributed by atoms with Gasteiger partial charge in [0.15, 0.2) is 5.82 Å². The molecule has 0 bridgehead atoms. The summed E-state index contributed by atoms with van der Waals surface area (Å²) in [7, 11) is 0. The van der Waals surface area contributed by atoms with Crippen LogP contribution in [0, 0.1) is 12.7 Å². The van der Waals surface area contributed by atoms with Crippen molar-refractivity contribution in [2.45, 2.75) is 31.0 Å². The highest BCUT2D eigenvalue weighted by Crippen LogP contribution is 2.22. The predicted molar refractivity (Wildman–Crippen MR) is 102 cm³/mol. The minimum Gasteiger partial charge on any atom is -0.352 e. The van der Waals surface area contributed by atoms with E-state index in [1.807, 2.05) is 26.0 Å². The van der Waals surface area contributed by atoms with E-state index in [1.54, 1.807) is 22.9 Å². The van der Waals surface area contributed by atoms with E-state index in [0.717, 1.165) is 6.42 Å². The molecule has 3 aromatic rings. The van der Waals surface area contributed by atoms with E-state index in [4.69, 9.17) is 0 Å². The molecule has 6 nitrogen and oxygen atoms in total. The van der Waals surface area contributed by atoms with Gasteiger partial charge in [-0.2, -0.15) is 5.10 Å². The lowest BCUT2D eigenvalue weighted by Crippen LogP contribution is -2.24. The Morgan fingerprint density at radius 2 is 2.04 bits per heavy atom. The first kappa shape index (κ1) is 19.0. The molecule has 0 atom stereocenters. The molecule has 0 aliphatic heterocycles. The van der Waals surface area contributed by atoms with Gasteiger partial charge in [0.05, 0.1) is 17.5 Å². The molecule has 0 aliphatic carbocycles. The van der Waals surface area contributed by atoms with Crippen molar-refractivity contribution in [3.8, 4) is 5.82 Å². The fraction of sp³-hybridized carbons (Fsp3) is 0.263. The monoisotopic (exact) mass is 385 g/mol. The van der Waals surface area contributed by atoms with E-state index in [-0.39, 0.29) is 11.7 Å². The molecule has 0 spiro atoms. The number of halogens is 1. The SMILES string of the molecule is CCCNC(=O)c1cnn(-c2ccc(SCc3ccccc3F)nn2)c1C. The van der Waals surface area contributed by atoms with Crippen molar-refractivity contribution in [3.05, 3.63) is 65.2 Å². The normalized spacial score (nSPS) is 10.8. The number of rotatable bonds is 7. The van der Waals surface area contributed by atoms with Crippen LogP contribution in [0.3, 0.4) is 0 Å². The molecule has 0 saturated carbocycles. The van der Waals surface area contributed by atoms with Crippen molar-refractivity contribution in [1.82, 2.24) is 25.3 Å². The Balaban J connectivity index is 1.69. The van der Waals surface area contributed by atoms with Gasteiger partial charge in [0.2, 0.25) is 0 Å². The number of hydrogen-bond acceptors (Lipinski definition) is 5. The maximum Gasteiger partial charge on any atom is 0.254 e. The van der Waals surface area contributed by atoms with Gasteiger partial charge in [0.1, 0.15) is 10.8 Å². The van der Waals surface area contributed by atoms with Crippen LogP contribution < -0.4 is 5.32 Å². The van der Waals surface area contributed by atoms with Gasteiger partial charge in [-0.25, -0.2) is 9.07 Å². The van der Waals surface area contributed by atoms with Crippen LogP contribution in [0.15, 0.2) is 47.6 Å². The summed E-state index contributed by atoms with van der Waals surface area (Å²) in [6, 6.07) is 10.3. The third kappa shape index (κ3) is 4.51. The molecule has 0 radical (unpaired) electrons. The zero-order valence-corrected chi connectivity index (χ0v) is 16.0. The fourth-order valence-corrected chi connectivity index (χ4v) is 3.27. The second-order valence-electron chi connectivity index (χ2n) is 5.92. The second-order valence-corrected chi connectivity index (χ2v) is 6.92. The van der Waals surface area contributed by atoms with E-state index in [1.165, 1.54) is 24.0 Å². The summed E-state index contributed by atoms with van der Waals surface area (Å²) in [5.41, 5.74) is 1.84. The Morgan fingerprint density at radius 3 is 2.74 bits per heavy atom. The first-order chi connectivity index (χ1) is 13.1. The van der Waals surface area contributed by atoms with Crippen molar-refractivity contribution in [1.29, 1.82) is 0 Å². The summed E-state index contributed by atoms with van der Waals surface area (Å²) < 4.78 is 15.3. The molecule has 1 aromatic carbocycles. The molecule has 0 fully saturated rings. The lowest BCUT2D eigenvalue weighted by molar-refractivity contribution is 0.0953. The second kappa shape index (κ2) is 8.77. The van der Waals surface area contributed by atoms with E-state index >= 15 is 0 Å². The number of carbonyl (C=O) groups is 1. The van der Waals surface area contributed by atoms with Gasteiger partial charge in [-0.05, 0) is 37.1 Å². The minimum absolute atomic E-state index is 0.148. The molecule has 2 aromatic heterocycles. The lowest BCUT2D eigenvalue weighted by atomic mass is 10.2. The summed E-state index contributed by atoms with van der Waals surface area (Å²) in [5.74, 6) is 0.627. The average molecular weight is 385 g/mol. The smallest absolute Gasteiger partial charge is 0.254 e. The van der Waals surface area contributed by atoms with Crippen molar-refractivity contribution in [3.63, 3.8) is 0 Å². The van der Waals surface area contributed by atoms with Gasteiger partial charge >= 0.3 is 0 Å². The summed E-state index contributed by atoms with van der Waals surface area (Å²) in [6.45, 7) is 4.44. The molecular formula is C19H20FN5OS. The molecule has 8 heteroatoms. The first-order valence-corrected chi connectivity index (χ1v) is 9.62. The number of benzene rings is 1. The fourth-order valence-electron chi connectivity index (χ4n) is 2.47. The maximum absolute atomic E-state index is 13.7. The van der Waals surface area contributed by atoms with Crippen LogP contribution in [0.1, 0.15) is 35.0 Å². The maximum atomic E-state index is 13.7. The van der Waals surface area contributed by atoms with Crippen LogP contribution in [0.2, 0.25) is 0 Å². The zero-order chi connectivity index (χ0) is 19.2. The number of aromatic nitrogens is 4. The van der Waals surface area contributed by atoms with Crippen LogP contribution >= 0.6 is 11.8 Å². The Kier molecular flexibility index (Phi) is 6.18. The highest BCUT2D eigenvalue weighted by Gasteiger charge is 2.15. The van der Waals surface area contributed by atoms with Gasteiger partial charge in [-0.3, -0.25) is 4.79 Å². The Hall–Kier alpha value is -2.74. The summed E-state index contributed by atoms with van der Waals surface area (Å²) in [5, 5.41) is 16.1. The Morgan fingerprint density at radius 1 is 1.22 bits per heavy atom. The molecule has 1 N–H and O–H groups in total. The van der Waals surface area contributed by atoms with Crippen molar-refractivity contribution in [2.75, 3.05) is 6.54 Å². The van der Waals surface area contributed by atoms with Gasteiger partial charge in [-0.1, -0.05) is 36.9 Å². The third-order valence-corrected chi connectivity index (χ3v) is 4.94. The number of amides is 1. The molecule has 140 valence electrons. The lowest BCUT2D eigenvalue weighted by Gasteiger charge is -2.06. The molecule has 0 saturated heterocycles. The van der Waals surface area contributed by atoms with E-state index in [9.17, 15) is 9.18 Å². The summed E-state index contributed by atoms with van der Waals surface area (Å²) in [4.78, 5) is 12.1. The van der Waals surface area contributed by atoms with Crippen LogP contribution in [-0.4, -0.2) is 32.4 Å². The van der Waals surface area contributed by atoms with Crippen molar-refractivity contribution < 1.29 is 9.18 Å². The van der Waals surface area contributed by atoms with Crippen LogP contribution in [0.25, 0.3) is 5.82 Å². The standard InChI is InChI=1S/C19H20FN5OS/c1-3-10-21-19(26)15-11-22-25(13(15)2)17-8-9-18(24-23-17)27-12-14-6-4-5-7-16(14)20/h4-9,11H,3,10,12H2,1-2H3,(H,21,26). The van der Waals surface area contributed by atoms with Crippen LogP contribution in [0.4, 0.5) is 4.39 Å². The number of hydrogen-bond donors (Lipinski definition) is 1. The number of carbonyl (C=O) groups excluding carboxylic acids is 1. The van der Waals surface area contributed by atoms with Gasteiger partial charge in [-0.15, -0.1) is 10.2 Å². The number of nitrogens with one attached hydrogen (secondary N) is 1. The summed E-state index contributed by atoms with van der Waals surface area (Å²) in [6.07, 6.45) is 2.40. The highest BCUT2D eigenvalue weighted by molar-refractivity contribution is 7.98. The van der Waals surface area contributed by atoms with Gasteiger partial charge in [0.25, 0.3) is 5.91 Å². The molecule has 2 heterocycles. The molecule has 0 aliphatic rings. The van der Waals surface area contributed by atoms with Gasteiger partial charge in [0, 0.05) is 12.3 Å². The highest BCUT2D eigenvalue weighted by atomic mass is 32.2. The van der Waals surface area contributed by atoms with E-state index in [0.29, 0.717) is 40.0 Å². The summed E-state index contributed by atoms with van der Waals surface area (Å²) >= 11 is 1.41. The Bertz CT molecular complexity index is 926. The van der Waals surface area contributed by atoms with E-state index in [2.05, 4.69) is 20.6 Å². The molecule has 3 rings (SSSR count). The first-order valence-electron chi connectivity index (χ1n) is 8.63. The number of thioether (sulfide) groups is 1. The third-order valence-electron chi connectivity index (χ3n) is 3.97. The van der Waals surface area contributed by atoms with Crippen molar-refractivity contribution >= 4 is 17.7 Å². The molecule has 0 unspecified atom stereocenters. The van der Waals surface area contributed by atoms with E-state index < -0.39 is 0 Å². The predicted octanol–water partition coefficient (Wildman–Crippen LogP) is 3.54. The molecular weight excluding hydrogens is 365 g/mol. The van der Waals surface area contributed by atoms with Crippen LogP contribution in [-0.2, 0) is 5.75 Å². The zero-order valence-electron chi connectivity index (χ0n) is 15.1. The van der Waals surface area contributed by atoms with Gasteiger partial charge < -0.3 is 5.32 Å². The topological polar surface area (TPSA) is 72.7 Å². The van der Waals surface area contributed by atoms with Crippen molar-refractivity contribution in [2.24, 2.45) is 0 Å². The minimum atomic E-state index is -0.226. The molecule has 1 amide bonds.